The molecular formula is C133H278N6O5S3. The summed E-state index contributed by atoms with van der Waals surface area (Å²) in [5.41, 5.74) is 5.06. The predicted octanol–water partition coefficient (Wildman–Crippen LogP) is 44.3. The Labute approximate surface area is 943 Å². The average molecular weight is 2140 g/mol. The lowest BCUT2D eigenvalue weighted by Crippen LogP contribution is -2.34. The van der Waals surface area contributed by atoms with Crippen LogP contribution in [0.4, 0.5) is 0 Å². The summed E-state index contributed by atoms with van der Waals surface area (Å²) in [5, 5.41) is 11.9. The SMILES string of the molecule is C1CCNC1.C1CCOC1.C1CCSC1.CC.CC.CC.CC.CC.CC.CC.CC.CC.CC.CC.CC.CC(C)(C)CC1C=CCCN1.CC(C)(C)CC1C=CCCO1.CC(C)(C)CC1C=CCCS1.CC(C)(C)CC1CC=CCN1.CC(C)(C)CC1CC=CCO1.CC(C)(C)CC1CC=CCS1.CC(C)Cc1ccc[nH]1.CC(C)Cc1cnco1.CC(C)Cc1cocn1.CCC(C)C.CCC(C)C.CCC(C)C. The Morgan fingerprint density at radius 3 is 1.16 bits per heavy atom. The predicted molar refractivity (Wildman–Crippen MR) is 692 cm³/mol. The second-order valence-corrected chi connectivity index (χ2v) is 48.1. The van der Waals surface area contributed by atoms with E-state index in [9.17, 15) is 0 Å². The summed E-state index contributed by atoms with van der Waals surface area (Å²) >= 11 is 6.28. The highest BCUT2D eigenvalue weighted by molar-refractivity contribution is 8.00. The molecule has 9 aliphatic rings. The van der Waals surface area contributed by atoms with Gasteiger partial charge in [0.2, 0.25) is 0 Å². The van der Waals surface area contributed by atoms with Crippen LogP contribution in [0.25, 0.3) is 0 Å². The highest BCUT2D eigenvalue weighted by Gasteiger charge is 2.24. The zero-order chi connectivity index (χ0) is 117. The second-order valence-electron chi connectivity index (χ2n) is 44.2. The maximum Gasteiger partial charge on any atom is 0.180 e. The van der Waals surface area contributed by atoms with Gasteiger partial charge >= 0.3 is 0 Å². The Hall–Kier alpha value is -3.05. The molecule has 3 saturated heterocycles. The lowest BCUT2D eigenvalue weighted by Gasteiger charge is -2.27. The van der Waals surface area contributed by atoms with E-state index >= 15 is 0 Å². The van der Waals surface area contributed by atoms with Crippen LogP contribution in [0, 0.1) is 68.0 Å². The molecule has 0 radical (unpaired) electrons. The quantitative estimate of drug-likeness (QED) is 0.108. The first-order chi connectivity index (χ1) is 69.6. The molecule has 0 amide bonds. The van der Waals surface area contributed by atoms with Crippen LogP contribution in [-0.4, -0.2) is 125 Å². The van der Waals surface area contributed by atoms with E-state index in [1.807, 2.05) is 178 Å². The summed E-state index contributed by atoms with van der Waals surface area (Å²) in [6, 6.07) is 5.49. The maximum absolute atomic E-state index is 5.57. The number of allylic oxidation sites excluding steroid dienone is 2. The van der Waals surface area contributed by atoms with Crippen molar-refractivity contribution in [3.05, 3.63) is 134 Å². The Balaban J connectivity index is -0.0000000969. The number of ether oxygens (including phenoxy) is 3. The van der Waals surface area contributed by atoms with E-state index in [2.05, 4.69) is 374 Å². The summed E-state index contributed by atoms with van der Waals surface area (Å²) in [7, 11) is 0. The topological polar surface area (TPSA) is 132 Å². The highest BCUT2D eigenvalue weighted by Crippen LogP contribution is 2.34. The number of thioether (sulfide) groups is 3. The summed E-state index contributed by atoms with van der Waals surface area (Å²) in [6.45, 7) is 131. The molecule has 12 rings (SSSR count). The van der Waals surface area contributed by atoms with Crippen molar-refractivity contribution < 1.29 is 23.0 Å². The number of aromatic nitrogens is 3. The molecule has 0 aromatic carbocycles. The number of rotatable bonds is 15. The first-order valence-electron chi connectivity index (χ1n) is 61.3. The number of aromatic amines is 1. The van der Waals surface area contributed by atoms with Crippen molar-refractivity contribution in [2.45, 2.75) is 584 Å². The van der Waals surface area contributed by atoms with E-state index in [1.54, 1.807) is 12.5 Å². The number of H-pyrrole nitrogens is 1. The van der Waals surface area contributed by atoms with Gasteiger partial charge in [-0.15, -0.1) is 0 Å². The Kier molecular flexibility index (Phi) is 161. The van der Waals surface area contributed by atoms with Crippen LogP contribution in [0.2, 0.25) is 0 Å². The number of nitrogens with one attached hydrogen (secondary N) is 4. The molecule has 0 saturated carbocycles. The van der Waals surface area contributed by atoms with Crippen LogP contribution in [0.5, 0.6) is 0 Å². The van der Waals surface area contributed by atoms with Crippen molar-refractivity contribution in [3.8, 4) is 0 Å². The third-order valence-electron chi connectivity index (χ3n) is 19.7. The molecule has 3 fully saturated rings. The van der Waals surface area contributed by atoms with Gasteiger partial charge in [-0.2, -0.15) is 35.3 Å². The van der Waals surface area contributed by atoms with E-state index in [-0.39, 0.29) is 0 Å². The van der Waals surface area contributed by atoms with Crippen LogP contribution in [0.1, 0.15) is 547 Å². The molecular weight excluding hydrogens is 1860 g/mol. The molecule has 888 valence electrons. The molecule has 0 bridgehead atoms. The minimum absolute atomic E-state index is 0.365. The molecule has 12 heterocycles. The molecule has 0 aliphatic carbocycles. The number of hydrogen-bond donors (Lipinski definition) is 4. The molecule has 3 aromatic rings. The summed E-state index contributed by atoms with van der Waals surface area (Å²) in [4.78, 5) is 11.0. The van der Waals surface area contributed by atoms with E-state index in [0.717, 1.165) is 130 Å². The van der Waals surface area contributed by atoms with Gasteiger partial charge in [0.1, 0.15) is 12.0 Å². The Morgan fingerprint density at radius 2 is 0.857 bits per heavy atom. The van der Waals surface area contributed by atoms with Gasteiger partial charge in [0.25, 0.3) is 0 Å². The molecule has 6 unspecified atom stereocenters. The van der Waals surface area contributed by atoms with Gasteiger partial charge in [-0.25, -0.2) is 9.97 Å². The molecule has 4 N–H and O–H groups in total. The zero-order valence-corrected chi connectivity index (χ0v) is 113. The summed E-state index contributed by atoms with van der Waals surface area (Å²) in [5.74, 6) is 11.1. The monoisotopic (exact) mass is 2140 g/mol. The van der Waals surface area contributed by atoms with Crippen molar-refractivity contribution in [1.82, 2.24) is 30.9 Å². The molecule has 6 atom stereocenters. The van der Waals surface area contributed by atoms with Crippen molar-refractivity contribution >= 4 is 35.3 Å². The van der Waals surface area contributed by atoms with Crippen LogP contribution in [-0.2, 0) is 33.5 Å². The number of nitrogens with zero attached hydrogens (tertiary/aromatic N) is 2. The fraction of sp³-hybridized carbons (Fsp3) is 0.835. The molecule has 0 spiro atoms. The van der Waals surface area contributed by atoms with Gasteiger partial charge in [-0.3, -0.25) is 0 Å². The number of oxazole rings is 2. The minimum atomic E-state index is 0.365. The van der Waals surface area contributed by atoms with Gasteiger partial charge in [0, 0.05) is 66.4 Å². The summed E-state index contributed by atoms with van der Waals surface area (Å²) in [6.07, 6.45) is 66.2. The molecule has 9 aliphatic heterocycles. The maximum atomic E-state index is 5.57. The molecule has 14 heteroatoms. The standard InChI is InChI=1S/2C10H19N.2C10H18O.2C10H18S.C8H13N.2C7H11NO.3C5H12.C4H9N.C4H8O.C4H8S.12C2H6/c6*1-10(2,3)8-9-6-4-5-7-11-9;1-7(2)6-8-4-3-5-9-8;1-6(2)3-7-4-9-5-8-7;1-6(2)3-7-4-8-5-9-7;3*1-4-5(2)3;3*1-2-4-5-3-1;12*1-2/h4,6,9,11H,5,7-8H2,1-3H3;4-5,9,11H,6-8H2,1-3H3;4,6,9H,5,7-8H2,1-3H3;4-5,9H,6-8H2,1-3H3;4,6,9H,5,7-8H2,1-3H3;4-5,9H,6-8H2,1-3H3;3-5,7,9H,6H2,1-2H3;2*4-6H,3H2,1-2H3;3*5H,4H2,1-3H3;5H,1-4H2;2*1-4H2;12*1-2H3. The highest BCUT2D eigenvalue weighted by atomic mass is 32.2. The fourth-order valence-corrected chi connectivity index (χ4v) is 16.4. The van der Waals surface area contributed by atoms with Gasteiger partial charge in [0.05, 0.1) is 37.3 Å². The largest absolute Gasteiger partial charge is 0.451 e. The van der Waals surface area contributed by atoms with Gasteiger partial charge in [0.15, 0.2) is 12.8 Å². The van der Waals surface area contributed by atoms with Crippen molar-refractivity contribution in [1.29, 1.82) is 0 Å². The van der Waals surface area contributed by atoms with Crippen LogP contribution < -0.4 is 16.0 Å². The third kappa shape index (κ3) is 171. The van der Waals surface area contributed by atoms with Crippen LogP contribution in [0.3, 0.4) is 0 Å². The smallest absolute Gasteiger partial charge is 0.180 e. The van der Waals surface area contributed by atoms with Crippen molar-refractivity contribution in [3.63, 3.8) is 0 Å². The molecule has 11 nitrogen and oxygen atoms in total. The van der Waals surface area contributed by atoms with E-state index in [1.165, 1.54) is 164 Å². The molecule has 3 aromatic heterocycles. The van der Waals surface area contributed by atoms with Crippen LogP contribution in [0.15, 0.2) is 125 Å². The van der Waals surface area contributed by atoms with E-state index < -0.39 is 0 Å². The van der Waals surface area contributed by atoms with Gasteiger partial charge < -0.3 is 44.0 Å². The molecule has 147 heavy (non-hydrogen) atoms. The van der Waals surface area contributed by atoms with E-state index in [0.29, 0.717) is 68.6 Å². The lowest BCUT2D eigenvalue weighted by molar-refractivity contribution is 0.0379. The lowest BCUT2D eigenvalue weighted by atomic mass is 9.86. The minimum Gasteiger partial charge on any atom is -0.451 e. The first kappa shape index (κ1) is 177. The van der Waals surface area contributed by atoms with E-state index in [4.69, 9.17) is 23.0 Å². The first-order valence-corrected chi connectivity index (χ1v) is 64.5. The van der Waals surface area contributed by atoms with Gasteiger partial charge in [-0.1, -0.05) is 487 Å². The van der Waals surface area contributed by atoms with Crippen LogP contribution >= 0.6 is 35.3 Å². The summed E-state index contributed by atoms with van der Waals surface area (Å²) < 4.78 is 25.9. The normalized spacial score (nSPS) is 17.3. The fourth-order valence-electron chi connectivity index (χ4n) is 12.6. The van der Waals surface area contributed by atoms with Gasteiger partial charge in [-0.05, 0) is 245 Å². The second kappa shape index (κ2) is 133. The van der Waals surface area contributed by atoms with Crippen molar-refractivity contribution in [2.24, 2.45) is 68.0 Å². The number of hydrogen-bond acceptors (Lipinski definition) is 13. The third-order valence-corrected chi connectivity index (χ3v) is 23.3. The zero-order valence-electron chi connectivity index (χ0n) is 111. The van der Waals surface area contributed by atoms with Crippen molar-refractivity contribution in [2.75, 3.05) is 75.6 Å². The Morgan fingerprint density at radius 1 is 0.395 bits per heavy atom. The Bertz CT molecular complexity index is 2550. The average Bonchev–Trinajstić information content (AvgIpc) is 1.39.